The van der Waals surface area contributed by atoms with Gasteiger partial charge in [-0.15, -0.1) is 5.10 Å². The van der Waals surface area contributed by atoms with Crippen LogP contribution in [-0.4, -0.2) is 15.0 Å². The summed E-state index contributed by atoms with van der Waals surface area (Å²) in [5.41, 5.74) is 1.69. The molecule has 2 rings (SSSR count). The smallest absolute Gasteiger partial charge is 0.123 e. The predicted octanol–water partition coefficient (Wildman–Crippen LogP) is 2.70. The van der Waals surface area contributed by atoms with Gasteiger partial charge in [0.25, 0.3) is 0 Å². The van der Waals surface area contributed by atoms with Crippen LogP contribution in [0, 0.1) is 5.82 Å². The minimum absolute atomic E-state index is 0.0295. The van der Waals surface area contributed by atoms with Crippen LogP contribution < -0.4 is 0 Å². The number of benzene rings is 1. The Balaban J connectivity index is 2.35. The molecular weight excluding hydrogens is 205 g/mol. The summed E-state index contributed by atoms with van der Waals surface area (Å²) in [6.07, 6.45) is 1.87. The average Bonchev–Trinajstić information content (AvgIpc) is 2.67. The van der Waals surface area contributed by atoms with Crippen LogP contribution in [0.1, 0.15) is 26.5 Å². The standard InChI is InChI=1S/C12H14FN3/c1-12(2,3)11-8-16(15-14-11)10-6-4-9(13)5-7-10/h4-8H,1-3H3. The second-order valence-corrected chi connectivity index (χ2v) is 4.77. The van der Waals surface area contributed by atoms with Crippen LogP contribution in [0.5, 0.6) is 0 Å². The van der Waals surface area contributed by atoms with Gasteiger partial charge < -0.3 is 0 Å². The van der Waals surface area contributed by atoms with E-state index in [2.05, 4.69) is 31.1 Å². The molecule has 0 saturated carbocycles. The molecule has 0 spiro atoms. The van der Waals surface area contributed by atoms with Crippen LogP contribution in [0.2, 0.25) is 0 Å². The summed E-state index contributed by atoms with van der Waals surface area (Å²) < 4.78 is 14.4. The lowest BCUT2D eigenvalue weighted by atomic mass is 9.93. The molecule has 2 aromatic rings. The summed E-state index contributed by atoms with van der Waals surface area (Å²) in [7, 11) is 0. The van der Waals surface area contributed by atoms with Crippen molar-refractivity contribution >= 4 is 0 Å². The zero-order valence-electron chi connectivity index (χ0n) is 9.61. The molecule has 84 valence electrons. The molecule has 0 unspecified atom stereocenters. The molecule has 0 amide bonds. The highest BCUT2D eigenvalue weighted by atomic mass is 19.1. The van der Waals surface area contributed by atoms with E-state index in [0.29, 0.717) is 0 Å². The van der Waals surface area contributed by atoms with Crippen molar-refractivity contribution in [1.29, 1.82) is 0 Å². The zero-order chi connectivity index (χ0) is 11.8. The van der Waals surface area contributed by atoms with E-state index in [4.69, 9.17) is 0 Å². The van der Waals surface area contributed by atoms with Crippen LogP contribution in [0.4, 0.5) is 4.39 Å². The number of aromatic nitrogens is 3. The van der Waals surface area contributed by atoms with Crippen LogP contribution in [0.15, 0.2) is 30.5 Å². The topological polar surface area (TPSA) is 30.7 Å². The van der Waals surface area contributed by atoms with Gasteiger partial charge in [0.15, 0.2) is 0 Å². The highest BCUT2D eigenvalue weighted by molar-refractivity contribution is 5.31. The molecule has 3 nitrogen and oxygen atoms in total. The first-order valence-corrected chi connectivity index (χ1v) is 5.15. The van der Waals surface area contributed by atoms with Gasteiger partial charge in [-0.1, -0.05) is 26.0 Å². The molecule has 1 aromatic carbocycles. The van der Waals surface area contributed by atoms with Gasteiger partial charge in [-0.3, -0.25) is 0 Å². The maximum Gasteiger partial charge on any atom is 0.123 e. The fraction of sp³-hybridized carbons (Fsp3) is 0.333. The molecule has 0 aliphatic carbocycles. The largest absolute Gasteiger partial charge is 0.220 e. The first-order valence-electron chi connectivity index (χ1n) is 5.15. The van der Waals surface area contributed by atoms with Gasteiger partial charge in [-0.05, 0) is 24.3 Å². The van der Waals surface area contributed by atoms with E-state index < -0.39 is 0 Å². The molecule has 0 bridgehead atoms. The Labute approximate surface area is 93.9 Å². The molecule has 0 saturated heterocycles. The second-order valence-electron chi connectivity index (χ2n) is 4.77. The minimum Gasteiger partial charge on any atom is -0.220 e. The normalized spacial score (nSPS) is 11.8. The van der Waals surface area contributed by atoms with Crippen LogP contribution in [-0.2, 0) is 5.41 Å². The fourth-order valence-electron chi connectivity index (χ4n) is 1.33. The van der Waals surface area contributed by atoms with Gasteiger partial charge in [0, 0.05) is 5.41 Å². The lowest BCUT2D eigenvalue weighted by molar-refractivity contribution is 0.566. The molecule has 0 aliphatic heterocycles. The third kappa shape index (κ3) is 2.10. The van der Waals surface area contributed by atoms with Crippen molar-refractivity contribution in [3.8, 4) is 5.69 Å². The van der Waals surface area contributed by atoms with Gasteiger partial charge in [-0.25, -0.2) is 9.07 Å². The Morgan fingerprint density at radius 2 is 1.75 bits per heavy atom. The summed E-state index contributed by atoms with van der Waals surface area (Å²) in [5.74, 6) is -0.250. The number of halogens is 1. The molecule has 0 fully saturated rings. The van der Waals surface area contributed by atoms with Gasteiger partial charge >= 0.3 is 0 Å². The number of rotatable bonds is 1. The number of hydrogen-bond donors (Lipinski definition) is 0. The van der Waals surface area contributed by atoms with Crippen molar-refractivity contribution in [3.63, 3.8) is 0 Å². The Hall–Kier alpha value is -1.71. The Kier molecular flexibility index (Phi) is 2.50. The van der Waals surface area contributed by atoms with Crippen molar-refractivity contribution < 1.29 is 4.39 Å². The van der Waals surface area contributed by atoms with Crippen LogP contribution in [0.25, 0.3) is 5.69 Å². The predicted molar refractivity (Wildman–Crippen MR) is 60.0 cm³/mol. The molecule has 0 atom stereocenters. The van der Waals surface area contributed by atoms with Crippen molar-refractivity contribution in [2.24, 2.45) is 0 Å². The maximum absolute atomic E-state index is 12.8. The number of nitrogens with zero attached hydrogens (tertiary/aromatic N) is 3. The highest BCUT2D eigenvalue weighted by Crippen LogP contribution is 2.20. The van der Waals surface area contributed by atoms with Gasteiger partial charge in [0.1, 0.15) is 5.82 Å². The Morgan fingerprint density at radius 3 is 2.25 bits per heavy atom. The molecule has 0 aliphatic rings. The molecule has 1 heterocycles. The van der Waals surface area contributed by atoms with E-state index in [1.807, 2.05) is 6.20 Å². The van der Waals surface area contributed by atoms with E-state index in [1.54, 1.807) is 16.8 Å². The summed E-state index contributed by atoms with van der Waals surface area (Å²) in [5, 5.41) is 8.13. The van der Waals surface area contributed by atoms with Crippen molar-refractivity contribution in [2.75, 3.05) is 0 Å². The fourth-order valence-corrected chi connectivity index (χ4v) is 1.33. The minimum atomic E-state index is -0.250. The average molecular weight is 219 g/mol. The van der Waals surface area contributed by atoms with Gasteiger partial charge in [-0.2, -0.15) is 0 Å². The molecule has 4 heteroatoms. The van der Waals surface area contributed by atoms with Crippen molar-refractivity contribution in [2.45, 2.75) is 26.2 Å². The Bertz CT molecular complexity index is 480. The SMILES string of the molecule is CC(C)(C)c1cn(-c2ccc(F)cc2)nn1. The van der Waals surface area contributed by atoms with E-state index in [9.17, 15) is 4.39 Å². The van der Waals surface area contributed by atoms with Crippen molar-refractivity contribution in [3.05, 3.63) is 42.0 Å². The highest BCUT2D eigenvalue weighted by Gasteiger charge is 2.17. The van der Waals surface area contributed by atoms with Crippen LogP contribution >= 0.6 is 0 Å². The summed E-state index contributed by atoms with van der Waals surface area (Å²) in [6.45, 7) is 6.23. The monoisotopic (exact) mass is 219 g/mol. The third-order valence-electron chi connectivity index (χ3n) is 2.35. The Morgan fingerprint density at radius 1 is 1.12 bits per heavy atom. The zero-order valence-corrected chi connectivity index (χ0v) is 9.61. The lowest BCUT2D eigenvalue weighted by Gasteiger charge is -2.12. The van der Waals surface area contributed by atoms with Gasteiger partial charge in [0.05, 0.1) is 17.6 Å². The quantitative estimate of drug-likeness (QED) is 0.738. The third-order valence-corrected chi connectivity index (χ3v) is 2.35. The molecule has 1 aromatic heterocycles. The molecule has 16 heavy (non-hydrogen) atoms. The maximum atomic E-state index is 12.8. The molecule has 0 radical (unpaired) electrons. The van der Waals surface area contributed by atoms with Gasteiger partial charge in [0.2, 0.25) is 0 Å². The molecule has 0 N–H and O–H groups in total. The summed E-state index contributed by atoms with van der Waals surface area (Å²) >= 11 is 0. The first kappa shape index (κ1) is 10.8. The molecular formula is C12H14FN3. The van der Waals surface area contributed by atoms with E-state index in [0.717, 1.165) is 11.4 Å². The summed E-state index contributed by atoms with van der Waals surface area (Å²) in [6, 6.07) is 6.18. The first-order chi connectivity index (χ1) is 7.47. The van der Waals surface area contributed by atoms with E-state index in [-0.39, 0.29) is 11.2 Å². The lowest BCUT2D eigenvalue weighted by Crippen LogP contribution is -2.11. The van der Waals surface area contributed by atoms with E-state index >= 15 is 0 Å². The van der Waals surface area contributed by atoms with E-state index in [1.165, 1.54) is 12.1 Å². The second kappa shape index (κ2) is 3.70. The summed E-state index contributed by atoms with van der Waals surface area (Å²) in [4.78, 5) is 0. The number of hydrogen-bond acceptors (Lipinski definition) is 2. The van der Waals surface area contributed by atoms with Crippen LogP contribution in [0.3, 0.4) is 0 Å². The van der Waals surface area contributed by atoms with Crippen molar-refractivity contribution in [1.82, 2.24) is 15.0 Å².